The van der Waals surface area contributed by atoms with Crippen molar-refractivity contribution < 1.29 is 14.3 Å². The number of nitrogens with zero attached hydrogens (tertiary/aromatic N) is 3. The van der Waals surface area contributed by atoms with Crippen LogP contribution in [0, 0.1) is 25.2 Å². The number of hydrogen-bond acceptors (Lipinski definition) is 6. The van der Waals surface area contributed by atoms with Gasteiger partial charge in [0, 0.05) is 12.1 Å². The molecule has 2 amide bonds. The smallest absolute Gasteiger partial charge is 0.247 e. The van der Waals surface area contributed by atoms with E-state index >= 15 is 0 Å². The summed E-state index contributed by atoms with van der Waals surface area (Å²) in [6.07, 6.45) is 0.869. The standard InChI is InChI=1S/C22H23N3O3S/c1-5-17-13(3)18(12-23)21(24-14(17)4)29-19-11-20(26)25(22(19)27)15-7-9-16(10-8-15)28-6-2/h7-10,19H,5-6,11H2,1-4H3/t19-/m0/s1. The van der Waals surface area contributed by atoms with Crippen molar-refractivity contribution in [3.05, 3.63) is 46.6 Å². The van der Waals surface area contributed by atoms with Crippen LogP contribution >= 0.6 is 11.8 Å². The monoisotopic (exact) mass is 409 g/mol. The molecule has 1 aliphatic heterocycles. The largest absolute Gasteiger partial charge is 0.494 e. The molecule has 1 aromatic carbocycles. The van der Waals surface area contributed by atoms with Crippen LogP contribution in [0.25, 0.3) is 0 Å². The molecule has 3 rings (SSSR count). The molecule has 0 aliphatic carbocycles. The number of anilines is 1. The predicted octanol–water partition coefficient (Wildman–Crippen LogP) is 3.96. The van der Waals surface area contributed by atoms with Gasteiger partial charge in [-0.25, -0.2) is 9.88 Å². The fraction of sp³-hybridized carbons (Fsp3) is 0.364. The van der Waals surface area contributed by atoms with Crippen molar-refractivity contribution in [3.63, 3.8) is 0 Å². The first-order valence-electron chi connectivity index (χ1n) is 9.57. The molecule has 0 spiro atoms. The van der Waals surface area contributed by atoms with Crippen LogP contribution in [0.2, 0.25) is 0 Å². The molecular weight excluding hydrogens is 386 g/mol. The zero-order chi connectivity index (χ0) is 21.1. The number of aryl methyl sites for hydroxylation is 1. The zero-order valence-electron chi connectivity index (χ0n) is 17.0. The van der Waals surface area contributed by atoms with E-state index < -0.39 is 5.25 Å². The fourth-order valence-corrected chi connectivity index (χ4v) is 4.76. The molecule has 29 heavy (non-hydrogen) atoms. The molecule has 150 valence electrons. The molecule has 7 heteroatoms. The van der Waals surface area contributed by atoms with Gasteiger partial charge < -0.3 is 4.74 Å². The van der Waals surface area contributed by atoms with E-state index in [9.17, 15) is 14.9 Å². The lowest BCUT2D eigenvalue weighted by molar-refractivity contribution is -0.121. The van der Waals surface area contributed by atoms with Crippen LogP contribution in [0.4, 0.5) is 5.69 Å². The van der Waals surface area contributed by atoms with E-state index in [4.69, 9.17) is 4.74 Å². The highest BCUT2D eigenvalue weighted by molar-refractivity contribution is 8.00. The molecule has 1 fully saturated rings. The van der Waals surface area contributed by atoms with Crippen molar-refractivity contribution in [2.45, 2.75) is 50.8 Å². The van der Waals surface area contributed by atoms with Gasteiger partial charge in [0.15, 0.2) is 0 Å². The summed E-state index contributed by atoms with van der Waals surface area (Å²) < 4.78 is 5.41. The highest BCUT2D eigenvalue weighted by atomic mass is 32.2. The summed E-state index contributed by atoms with van der Waals surface area (Å²) in [5, 5.41) is 9.54. The van der Waals surface area contributed by atoms with Crippen molar-refractivity contribution in [1.82, 2.24) is 4.98 Å². The molecule has 2 aromatic rings. The van der Waals surface area contributed by atoms with Crippen molar-refractivity contribution in [2.75, 3.05) is 11.5 Å². The Morgan fingerprint density at radius 1 is 1.24 bits per heavy atom. The van der Waals surface area contributed by atoms with Crippen molar-refractivity contribution in [2.24, 2.45) is 0 Å². The van der Waals surface area contributed by atoms with E-state index in [0.29, 0.717) is 28.6 Å². The Morgan fingerprint density at radius 2 is 1.93 bits per heavy atom. The summed E-state index contributed by atoms with van der Waals surface area (Å²) in [6.45, 7) is 8.28. The Kier molecular flexibility index (Phi) is 6.23. The molecule has 1 aliphatic rings. The Morgan fingerprint density at radius 3 is 2.52 bits per heavy atom. The molecule has 6 nitrogen and oxygen atoms in total. The van der Waals surface area contributed by atoms with Crippen LogP contribution < -0.4 is 9.64 Å². The highest BCUT2D eigenvalue weighted by Crippen LogP contribution is 2.36. The highest BCUT2D eigenvalue weighted by Gasteiger charge is 2.41. The number of rotatable bonds is 6. The average molecular weight is 410 g/mol. The number of nitriles is 1. The summed E-state index contributed by atoms with van der Waals surface area (Å²) in [7, 11) is 0. The van der Waals surface area contributed by atoms with Crippen LogP contribution in [0.5, 0.6) is 5.75 Å². The molecule has 1 aromatic heterocycles. The van der Waals surface area contributed by atoms with Gasteiger partial charge in [0.25, 0.3) is 0 Å². The van der Waals surface area contributed by atoms with Gasteiger partial charge in [0.1, 0.15) is 16.8 Å². The number of benzene rings is 1. The van der Waals surface area contributed by atoms with E-state index in [1.165, 1.54) is 16.7 Å². The van der Waals surface area contributed by atoms with Gasteiger partial charge in [-0.1, -0.05) is 18.7 Å². The van der Waals surface area contributed by atoms with Gasteiger partial charge in [-0.3, -0.25) is 9.59 Å². The maximum Gasteiger partial charge on any atom is 0.247 e. The molecule has 0 bridgehead atoms. The number of carbonyl (C=O) groups is 2. The van der Waals surface area contributed by atoms with Gasteiger partial charge in [-0.05, 0) is 62.6 Å². The third kappa shape index (κ3) is 3.99. The van der Waals surface area contributed by atoms with E-state index in [-0.39, 0.29) is 18.2 Å². The van der Waals surface area contributed by atoms with Crippen molar-refractivity contribution >= 4 is 29.3 Å². The first kappa shape index (κ1) is 20.9. The summed E-state index contributed by atoms with van der Waals surface area (Å²) >= 11 is 1.20. The second-order valence-electron chi connectivity index (χ2n) is 6.75. The molecule has 0 saturated carbocycles. The number of imide groups is 1. The fourth-order valence-electron chi connectivity index (χ4n) is 3.56. The van der Waals surface area contributed by atoms with E-state index in [1.54, 1.807) is 24.3 Å². The second-order valence-corrected chi connectivity index (χ2v) is 7.94. The normalized spacial score (nSPS) is 16.2. The Hall–Kier alpha value is -2.85. The first-order chi connectivity index (χ1) is 13.9. The van der Waals surface area contributed by atoms with E-state index in [2.05, 4.69) is 11.1 Å². The minimum absolute atomic E-state index is 0.0802. The Bertz CT molecular complexity index is 996. The van der Waals surface area contributed by atoms with Crippen molar-refractivity contribution in [1.29, 1.82) is 5.26 Å². The number of pyridine rings is 1. The van der Waals surface area contributed by atoms with E-state index in [0.717, 1.165) is 23.2 Å². The van der Waals surface area contributed by atoms with Gasteiger partial charge in [-0.2, -0.15) is 5.26 Å². The molecule has 1 saturated heterocycles. The van der Waals surface area contributed by atoms with Gasteiger partial charge >= 0.3 is 0 Å². The molecule has 0 N–H and O–H groups in total. The predicted molar refractivity (Wildman–Crippen MR) is 112 cm³/mol. The lowest BCUT2D eigenvalue weighted by atomic mass is 10.0. The average Bonchev–Trinajstić information content (AvgIpc) is 2.96. The van der Waals surface area contributed by atoms with E-state index in [1.807, 2.05) is 27.7 Å². The number of aromatic nitrogens is 1. The lowest BCUT2D eigenvalue weighted by Crippen LogP contribution is -2.31. The molecule has 0 radical (unpaired) electrons. The summed E-state index contributed by atoms with van der Waals surface area (Å²) in [5.74, 6) is 0.143. The second kappa shape index (κ2) is 8.66. The van der Waals surface area contributed by atoms with Crippen LogP contribution in [0.1, 0.15) is 42.7 Å². The molecular formula is C22H23N3O3S. The van der Waals surface area contributed by atoms with Crippen LogP contribution in [-0.2, 0) is 16.0 Å². The maximum atomic E-state index is 13.0. The number of thioether (sulfide) groups is 1. The maximum absolute atomic E-state index is 13.0. The van der Waals surface area contributed by atoms with Gasteiger partial charge in [0.2, 0.25) is 11.8 Å². The van der Waals surface area contributed by atoms with Crippen LogP contribution in [0.15, 0.2) is 29.3 Å². The number of hydrogen-bond donors (Lipinski definition) is 0. The molecule has 1 atom stereocenters. The molecule has 2 heterocycles. The minimum Gasteiger partial charge on any atom is -0.494 e. The van der Waals surface area contributed by atoms with Gasteiger partial charge in [0.05, 0.1) is 23.1 Å². The lowest BCUT2D eigenvalue weighted by Gasteiger charge is -2.16. The SMILES string of the molecule is CCOc1ccc(N2C(=O)C[C@H](Sc3nc(C)c(CC)c(C)c3C#N)C2=O)cc1. The van der Waals surface area contributed by atoms with Crippen LogP contribution in [0.3, 0.4) is 0 Å². The van der Waals surface area contributed by atoms with Crippen molar-refractivity contribution in [3.8, 4) is 11.8 Å². The quantitative estimate of drug-likeness (QED) is 0.672. The minimum atomic E-state index is -0.597. The topological polar surface area (TPSA) is 83.3 Å². The summed E-state index contributed by atoms with van der Waals surface area (Å²) in [4.78, 5) is 31.3. The first-order valence-corrected chi connectivity index (χ1v) is 10.5. The van der Waals surface area contributed by atoms with Crippen LogP contribution in [-0.4, -0.2) is 28.7 Å². The number of ether oxygens (including phenoxy) is 1. The third-order valence-electron chi connectivity index (χ3n) is 4.98. The third-order valence-corrected chi connectivity index (χ3v) is 6.15. The Labute approximate surface area is 174 Å². The summed E-state index contributed by atoms with van der Waals surface area (Å²) in [5.41, 5.74) is 3.80. The molecule has 0 unspecified atom stereocenters. The number of amides is 2. The van der Waals surface area contributed by atoms with Gasteiger partial charge in [-0.15, -0.1) is 0 Å². The number of carbonyl (C=O) groups excluding carboxylic acids is 2. The zero-order valence-corrected chi connectivity index (χ0v) is 17.8. The summed E-state index contributed by atoms with van der Waals surface area (Å²) in [6, 6.07) is 9.11. The Balaban J connectivity index is 1.86.